The van der Waals surface area contributed by atoms with E-state index in [1.54, 1.807) is 12.2 Å². The van der Waals surface area contributed by atoms with Gasteiger partial charge in [0.2, 0.25) is 12.7 Å². The third kappa shape index (κ3) is 3.59. The number of ether oxygens (including phenoxy) is 2. The molecule has 1 heterocycles. The highest BCUT2D eigenvalue weighted by Crippen LogP contribution is 2.32. The molecule has 1 aliphatic rings. The number of carbonyl (C=O) groups is 1. The molecule has 0 aromatic heterocycles. The standard InChI is InChI=1S/C20H21NO3/c1-13-4-5-14(2)17(10-13)15(3)21-20(22)9-7-16-6-8-18-19(11-16)24-12-23-18/h4-11,15H,12H2,1-3H3,(H,21,22)/b9-7+. The molecule has 3 rings (SSSR count). The van der Waals surface area contributed by atoms with Gasteiger partial charge in [0.25, 0.3) is 0 Å². The molecule has 1 unspecified atom stereocenters. The van der Waals surface area contributed by atoms with Crippen LogP contribution in [0.5, 0.6) is 11.5 Å². The Hall–Kier alpha value is -2.75. The monoisotopic (exact) mass is 323 g/mol. The first kappa shape index (κ1) is 16.1. The fourth-order valence-corrected chi connectivity index (χ4v) is 2.75. The lowest BCUT2D eigenvalue weighted by atomic mass is 10.00. The summed E-state index contributed by atoms with van der Waals surface area (Å²) in [4.78, 5) is 12.2. The molecule has 124 valence electrons. The van der Waals surface area contributed by atoms with Crippen LogP contribution in [0, 0.1) is 13.8 Å². The van der Waals surface area contributed by atoms with Crippen molar-refractivity contribution in [2.75, 3.05) is 6.79 Å². The smallest absolute Gasteiger partial charge is 0.244 e. The first-order valence-corrected chi connectivity index (χ1v) is 7.98. The van der Waals surface area contributed by atoms with Crippen molar-refractivity contribution in [1.29, 1.82) is 0 Å². The third-order valence-electron chi connectivity index (χ3n) is 4.08. The van der Waals surface area contributed by atoms with Crippen LogP contribution in [-0.4, -0.2) is 12.7 Å². The van der Waals surface area contributed by atoms with Crippen molar-refractivity contribution in [3.63, 3.8) is 0 Å². The summed E-state index contributed by atoms with van der Waals surface area (Å²) < 4.78 is 10.6. The minimum atomic E-state index is -0.124. The van der Waals surface area contributed by atoms with Crippen LogP contribution in [0.4, 0.5) is 0 Å². The largest absolute Gasteiger partial charge is 0.454 e. The van der Waals surface area contributed by atoms with Crippen LogP contribution < -0.4 is 14.8 Å². The molecule has 4 heteroatoms. The van der Waals surface area contributed by atoms with Crippen molar-refractivity contribution >= 4 is 12.0 Å². The molecule has 0 aliphatic carbocycles. The van der Waals surface area contributed by atoms with E-state index in [2.05, 4.69) is 37.4 Å². The molecule has 24 heavy (non-hydrogen) atoms. The summed E-state index contributed by atoms with van der Waals surface area (Å²) in [7, 11) is 0. The van der Waals surface area contributed by atoms with Gasteiger partial charge in [-0.25, -0.2) is 0 Å². The van der Waals surface area contributed by atoms with E-state index in [1.165, 1.54) is 11.1 Å². The first-order chi connectivity index (χ1) is 11.5. The van der Waals surface area contributed by atoms with Crippen molar-refractivity contribution in [1.82, 2.24) is 5.32 Å². The van der Waals surface area contributed by atoms with E-state index in [1.807, 2.05) is 25.1 Å². The van der Waals surface area contributed by atoms with Crippen LogP contribution in [0.15, 0.2) is 42.5 Å². The highest BCUT2D eigenvalue weighted by Gasteiger charge is 2.13. The van der Waals surface area contributed by atoms with E-state index in [-0.39, 0.29) is 18.7 Å². The molecule has 1 N–H and O–H groups in total. The van der Waals surface area contributed by atoms with Crippen molar-refractivity contribution in [3.05, 3.63) is 64.7 Å². The molecule has 1 amide bonds. The summed E-state index contributed by atoms with van der Waals surface area (Å²) in [6, 6.07) is 11.8. The van der Waals surface area contributed by atoms with Crippen molar-refractivity contribution in [3.8, 4) is 11.5 Å². The Morgan fingerprint density at radius 2 is 1.92 bits per heavy atom. The molecule has 2 aromatic rings. The van der Waals surface area contributed by atoms with E-state index in [9.17, 15) is 4.79 Å². The molecule has 1 atom stereocenters. The van der Waals surface area contributed by atoms with Gasteiger partial charge in [0.1, 0.15) is 0 Å². The molecular formula is C20H21NO3. The first-order valence-electron chi connectivity index (χ1n) is 7.98. The summed E-state index contributed by atoms with van der Waals surface area (Å²) in [6.07, 6.45) is 3.31. The SMILES string of the molecule is Cc1ccc(C)c(C(C)NC(=O)/C=C/c2ccc3c(c2)OCO3)c1. The average molecular weight is 323 g/mol. The Labute approximate surface area is 142 Å². The van der Waals surface area contributed by atoms with Crippen molar-refractivity contribution in [2.24, 2.45) is 0 Å². The van der Waals surface area contributed by atoms with Crippen LogP contribution in [0.3, 0.4) is 0 Å². The number of fused-ring (bicyclic) bond motifs is 1. The van der Waals surface area contributed by atoms with Crippen LogP contribution in [-0.2, 0) is 4.79 Å². The van der Waals surface area contributed by atoms with Gasteiger partial charge in [0.15, 0.2) is 11.5 Å². The van der Waals surface area contributed by atoms with Gasteiger partial charge in [-0.2, -0.15) is 0 Å². The Morgan fingerprint density at radius 1 is 1.12 bits per heavy atom. The van der Waals surface area contributed by atoms with Gasteiger partial charge < -0.3 is 14.8 Å². The second-order valence-corrected chi connectivity index (χ2v) is 6.04. The molecule has 0 spiro atoms. The van der Waals surface area contributed by atoms with Gasteiger partial charge in [-0.1, -0.05) is 29.8 Å². The molecule has 2 aromatic carbocycles. The predicted molar refractivity (Wildman–Crippen MR) is 94.1 cm³/mol. The summed E-state index contributed by atoms with van der Waals surface area (Å²) >= 11 is 0. The maximum Gasteiger partial charge on any atom is 0.244 e. The Balaban J connectivity index is 1.65. The van der Waals surface area contributed by atoms with Crippen molar-refractivity contribution in [2.45, 2.75) is 26.8 Å². The summed E-state index contributed by atoms with van der Waals surface area (Å²) in [6.45, 7) is 6.35. The molecule has 0 bridgehead atoms. The van der Waals surface area contributed by atoms with E-state index < -0.39 is 0 Å². The Bertz CT molecular complexity index is 795. The predicted octanol–water partition coefficient (Wildman–Crippen LogP) is 3.92. The zero-order chi connectivity index (χ0) is 17.1. The minimum absolute atomic E-state index is 0.0428. The average Bonchev–Trinajstić information content (AvgIpc) is 3.02. The van der Waals surface area contributed by atoms with Crippen molar-refractivity contribution < 1.29 is 14.3 Å². The number of hydrogen-bond donors (Lipinski definition) is 1. The highest BCUT2D eigenvalue weighted by atomic mass is 16.7. The second-order valence-electron chi connectivity index (χ2n) is 6.04. The topological polar surface area (TPSA) is 47.6 Å². The van der Waals surface area contributed by atoms with Gasteiger partial charge in [0.05, 0.1) is 6.04 Å². The summed E-state index contributed by atoms with van der Waals surface area (Å²) in [5, 5.41) is 3.01. The summed E-state index contributed by atoms with van der Waals surface area (Å²) in [5.74, 6) is 1.32. The molecule has 1 aliphatic heterocycles. The van der Waals surface area contributed by atoms with E-state index in [0.29, 0.717) is 5.75 Å². The fourth-order valence-electron chi connectivity index (χ4n) is 2.75. The van der Waals surface area contributed by atoms with Gasteiger partial charge in [0, 0.05) is 6.08 Å². The molecule has 0 radical (unpaired) electrons. The van der Waals surface area contributed by atoms with Crippen LogP contribution in [0.25, 0.3) is 6.08 Å². The number of hydrogen-bond acceptors (Lipinski definition) is 3. The maximum atomic E-state index is 12.2. The molecular weight excluding hydrogens is 302 g/mol. The number of nitrogens with one attached hydrogen (secondary N) is 1. The van der Waals surface area contributed by atoms with Crippen LogP contribution in [0.1, 0.15) is 35.2 Å². The molecule has 4 nitrogen and oxygen atoms in total. The molecule has 0 saturated heterocycles. The van der Waals surface area contributed by atoms with Gasteiger partial charge in [-0.15, -0.1) is 0 Å². The van der Waals surface area contributed by atoms with Crippen LogP contribution >= 0.6 is 0 Å². The zero-order valence-electron chi connectivity index (χ0n) is 14.1. The Morgan fingerprint density at radius 3 is 2.75 bits per heavy atom. The quantitative estimate of drug-likeness (QED) is 0.868. The Kier molecular flexibility index (Phi) is 4.56. The van der Waals surface area contributed by atoms with Gasteiger partial charge in [-0.05, 0) is 55.7 Å². The lowest BCUT2D eigenvalue weighted by Gasteiger charge is -2.16. The van der Waals surface area contributed by atoms with Crippen LogP contribution in [0.2, 0.25) is 0 Å². The zero-order valence-corrected chi connectivity index (χ0v) is 14.1. The van der Waals surface area contributed by atoms with E-state index in [4.69, 9.17) is 9.47 Å². The number of carbonyl (C=O) groups excluding carboxylic acids is 1. The van der Waals surface area contributed by atoms with E-state index in [0.717, 1.165) is 16.9 Å². The molecule has 0 fully saturated rings. The van der Waals surface area contributed by atoms with E-state index >= 15 is 0 Å². The molecule has 0 saturated carbocycles. The number of benzene rings is 2. The number of aryl methyl sites for hydroxylation is 2. The van der Waals surface area contributed by atoms with Gasteiger partial charge in [-0.3, -0.25) is 4.79 Å². The highest BCUT2D eigenvalue weighted by molar-refractivity contribution is 5.92. The fraction of sp³-hybridized carbons (Fsp3) is 0.250. The van der Waals surface area contributed by atoms with Gasteiger partial charge >= 0.3 is 0 Å². The summed E-state index contributed by atoms with van der Waals surface area (Å²) in [5.41, 5.74) is 4.40. The lowest BCUT2D eigenvalue weighted by Crippen LogP contribution is -2.25. The minimum Gasteiger partial charge on any atom is -0.454 e. The number of amides is 1. The lowest BCUT2D eigenvalue weighted by molar-refractivity contribution is -0.117. The maximum absolute atomic E-state index is 12.2. The normalized spacial score (nSPS) is 14.0. The second kappa shape index (κ2) is 6.79. The number of rotatable bonds is 4. The third-order valence-corrected chi connectivity index (χ3v) is 4.08.